The molecule has 0 aliphatic carbocycles. The van der Waals surface area contributed by atoms with Gasteiger partial charge in [-0.25, -0.2) is 0 Å². The fourth-order valence-corrected chi connectivity index (χ4v) is 6.76. The molecule has 3 atom stereocenters. The van der Waals surface area contributed by atoms with Crippen LogP contribution in [0.4, 0.5) is 11.4 Å². The van der Waals surface area contributed by atoms with E-state index in [1.165, 1.54) is 0 Å². The van der Waals surface area contributed by atoms with Crippen molar-refractivity contribution in [1.82, 2.24) is 9.88 Å². The topological polar surface area (TPSA) is 126 Å². The number of para-hydroxylation sites is 1. The zero-order valence-corrected chi connectivity index (χ0v) is 26.3. The number of nitrogens with one attached hydrogen (secondary N) is 2. The summed E-state index contributed by atoms with van der Waals surface area (Å²) in [4.78, 5) is 45.9. The van der Waals surface area contributed by atoms with Crippen LogP contribution in [-0.2, 0) is 33.0 Å². The van der Waals surface area contributed by atoms with Gasteiger partial charge >= 0.3 is 0 Å². The maximum atomic E-state index is 13.9. The molecule has 3 amide bonds. The van der Waals surface area contributed by atoms with Gasteiger partial charge in [-0.1, -0.05) is 61.0 Å². The molecular formula is C36H37ClN4O5. The Bertz CT molecular complexity index is 1800. The minimum atomic E-state index is -1.88. The molecule has 0 saturated carbocycles. The van der Waals surface area contributed by atoms with Crippen LogP contribution in [0.2, 0.25) is 5.02 Å². The second-order valence-corrected chi connectivity index (χ2v) is 12.5. The van der Waals surface area contributed by atoms with Gasteiger partial charge in [0.2, 0.25) is 11.8 Å². The molecule has 2 aliphatic rings. The number of aliphatic hydroxyl groups excluding tert-OH is 1. The minimum absolute atomic E-state index is 0.0589. The predicted octanol–water partition coefficient (Wildman–Crippen LogP) is 5.30. The fourth-order valence-electron chi connectivity index (χ4n) is 6.59. The van der Waals surface area contributed by atoms with Crippen molar-refractivity contribution in [3.05, 3.63) is 107 Å². The Morgan fingerprint density at radius 1 is 1.15 bits per heavy atom. The maximum absolute atomic E-state index is 13.9. The number of anilines is 2. The number of nitrogens with zero attached hydrogens (tertiary/aromatic N) is 2. The Hall–Kier alpha value is -4.44. The molecule has 46 heavy (non-hydrogen) atoms. The largest absolute Gasteiger partial charge is 0.394 e. The van der Waals surface area contributed by atoms with Gasteiger partial charge in [-0.15, -0.1) is 0 Å². The first-order chi connectivity index (χ1) is 22.2. The third-order valence-electron chi connectivity index (χ3n) is 9.12. The van der Waals surface area contributed by atoms with Crippen molar-refractivity contribution in [2.45, 2.75) is 50.8 Å². The number of halogens is 1. The lowest BCUT2D eigenvalue weighted by Gasteiger charge is -2.28. The van der Waals surface area contributed by atoms with E-state index in [1.807, 2.05) is 42.6 Å². The first-order valence-corrected chi connectivity index (χ1v) is 15.9. The highest BCUT2D eigenvalue weighted by Crippen LogP contribution is 2.46. The number of H-pyrrole nitrogens is 1. The van der Waals surface area contributed by atoms with E-state index >= 15 is 0 Å². The van der Waals surface area contributed by atoms with Gasteiger partial charge in [0.15, 0.2) is 5.60 Å². The predicted molar refractivity (Wildman–Crippen MR) is 178 cm³/mol. The molecule has 3 heterocycles. The highest BCUT2D eigenvalue weighted by atomic mass is 35.5. The number of hydrogen-bond donors (Lipinski definition) is 4. The number of rotatable bonds is 10. The molecule has 4 aromatic rings. The van der Waals surface area contributed by atoms with Crippen LogP contribution in [0.15, 0.2) is 85.1 Å². The van der Waals surface area contributed by atoms with Crippen molar-refractivity contribution in [3.8, 4) is 0 Å². The number of hydrogen-bond acceptors (Lipinski definition) is 5. The summed E-state index contributed by atoms with van der Waals surface area (Å²) in [5.74, 6) is -1.37. The molecule has 1 aromatic heterocycles. The zero-order valence-electron chi connectivity index (χ0n) is 25.6. The van der Waals surface area contributed by atoms with E-state index in [9.17, 15) is 24.6 Å². The van der Waals surface area contributed by atoms with Gasteiger partial charge in [0.25, 0.3) is 5.91 Å². The summed E-state index contributed by atoms with van der Waals surface area (Å²) in [6.07, 6.45) is 7.22. The first kappa shape index (κ1) is 31.5. The number of likely N-dealkylation sites (tertiary alicyclic amines) is 1. The Kier molecular flexibility index (Phi) is 8.99. The number of aromatic amines is 1. The van der Waals surface area contributed by atoms with Gasteiger partial charge < -0.3 is 30.3 Å². The molecule has 10 heteroatoms. The summed E-state index contributed by atoms with van der Waals surface area (Å²) >= 11 is 6.32. The van der Waals surface area contributed by atoms with Crippen LogP contribution in [0.25, 0.3) is 10.9 Å². The highest BCUT2D eigenvalue weighted by molar-refractivity contribution is 6.31. The van der Waals surface area contributed by atoms with Crippen molar-refractivity contribution >= 4 is 51.6 Å². The van der Waals surface area contributed by atoms with Gasteiger partial charge in [0, 0.05) is 52.3 Å². The lowest BCUT2D eigenvalue weighted by molar-refractivity contribution is -0.139. The molecular weight excluding hydrogens is 604 g/mol. The number of aromatic nitrogens is 1. The van der Waals surface area contributed by atoms with Crippen LogP contribution in [0.5, 0.6) is 0 Å². The smallest absolute Gasteiger partial charge is 0.264 e. The lowest BCUT2D eigenvalue weighted by atomic mass is 9.83. The van der Waals surface area contributed by atoms with Crippen LogP contribution in [0.3, 0.4) is 0 Å². The second-order valence-electron chi connectivity index (χ2n) is 12.1. The summed E-state index contributed by atoms with van der Waals surface area (Å²) in [5, 5.41) is 25.9. The monoisotopic (exact) mass is 640 g/mol. The molecule has 3 aromatic carbocycles. The molecule has 1 saturated heterocycles. The lowest BCUT2D eigenvalue weighted by Crippen LogP contribution is -2.44. The molecule has 9 nitrogen and oxygen atoms in total. The number of benzene rings is 3. The zero-order chi connectivity index (χ0) is 32.4. The van der Waals surface area contributed by atoms with Gasteiger partial charge in [0.05, 0.1) is 31.3 Å². The van der Waals surface area contributed by atoms with E-state index in [1.54, 1.807) is 59.2 Å². The van der Waals surface area contributed by atoms with Crippen LogP contribution in [0.1, 0.15) is 42.9 Å². The Balaban J connectivity index is 1.13. The van der Waals surface area contributed by atoms with E-state index in [0.29, 0.717) is 28.5 Å². The number of carbonyl (C=O) groups is 3. The van der Waals surface area contributed by atoms with E-state index in [2.05, 4.69) is 10.3 Å². The molecule has 4 N–H and O–H groups in total. The van der Waals surface area contributed by atoms with Gasteiger partial charge in [-0.3, -0.25) is 14.4 Å². The molecule has 2 aliphatic heterocycles. The SMILES string of the molecule is C[C@@H](/C=C/CC(=O)N1CCC[C@H]1CO)[C@]1(O)C(=O)N(Cc2ccc(NC(=O)Cc3c[nH]c4ccccc34)cc2)c2ccc(Cl)cc21. The molecule has 0 radical (unpaired) electrons. The van der Waals surface area contributed by atoms with Crippen molar-refractivity contribution < 1.29 is 24.6 Å². The quantitative estimate of drug-likeness (QED) is 0.175. The van der Waals surface area contributed by atoms with Crippen molar-refractivity contribution in [2.75, 3.05) is 23.4 Å². The Labute approximate surface area is 272 Å². The molecule has 0 unspecified atom stereocenters. The third kappa shape index (κ3) is 6.06. The average molecular weight is 641 g/mol. The standard InChI is InChI=1S/C36H37ClN4O5/c1-23(6-4-10-34(44)40-17-5-7-28(40)22-42)36(46)30-19-26(37)13-16-32(30)41(35(36)45)21-24-11-14-27(15-12-24)39-33(43)18-25-20-38-31-9-3-2-8-29(25)31/h2-4,6,8-9,11-16,19-20,23,28,38,42,46H,5,7,10,17-18,21-22H2,1H3,(H,39,43)/b6-4+/t23-,28-,36+/m0/s1. The second kappa shape index (κ2) is 13.1. The number of aliphatic hydroxyl groups is 2. The summed E-state index contributed by atoms with van der Waals surface area (Å²) < 4.78 is 0. The normalized spacial score (nSPS) is 20.1. The van der Waals surface area contributed by atoms with Crippen molar-refractivity contribution in [2.24, 2.45) is 5.92 Å². The molecule has 0 spiro atoms. The van der Waals surface area contributed by atoms with Crippen LogP contribution < -0.4 is 10.2 Å². The van der Waals surface area contributed by atoms with Gasteiger partial charge in [-0.2, -0.15) is 0 Å². The van der Waals surface area contributed by atoms with Crippen LogP contribution in [0, 0.1) is 5.92 Å². The molecule has 6 rings (SSSR count). The average Bonchev–Trinajstić information content (AvgIpc) is 3.75. The Morgan fingerprint density at radius 3 is 2.72 bits per heavy atom. The van der Waals surface area contributed by atoms with E-state index in [0.717, 1.165) is 34.9 Å². The minimum Gasteiger partial charge on any atom is -0.394 e. The summed E-state index contributed by atoms with van der Waals surface area (Å²) in [6.45, 7) is 2.50. The van der Waals surface area contributed by atoms with Gasteiger partial charge in [0.1, 0.15) is 0 Å². The third-order valence-corrected chi connectivity index (χ3v) is 9.36. The van der Waals surface area contributed by atoms with Crippen molar-refractivity contribution in [1.29, 1.82) is 0 Å². The van der Waals surface area contributed by atoms with E-state index < -0.39 is 17.4 Å². The number of amides is 3. The summed E-state index contributed by atoms with van der Waals surface area (Å²) in [5.41, 5.74) is 2.44. The van der Waals surface area contributed by atoms with Crippen molar-refractivity contribution in [3.63, 3.8) is 0 Å². The fraction of sp³-hybridized carbons (Fsp3) is 0.306. The number of carbonyl (C=O) groups excluding carboxylic acids is 3. The molecule has 0 bridgehead atoms. The Morgan fingerprint density at radius 2 is 1.93 bits per heavy atom. The summed E-state index contributed by atoms with van der Waals surface area (Å²) in [6, 6.07) is 20.0. The van der Waals surface area contributed by atoms with E-state index in [-0.39, 0.29) is 43.8 Å². The molecule has 1 fully saturated rings. The van der Waals surface area contributed by atoms with Crippen LogP contribution >= 0.6 is 11.6 Å². The summed E-state index contributed by atoms with van der Waals surface area (Å²) in [7, 11) is 0. The van der Waals surface area contributed by atoms with E-state index in [4.69, 9.17) is 11.6 Å². The van der Waals surface area contributed by atoms with Gasteiger partial charge in [-0.05, 0) is 60.4 Å². The first-order valence-electron chi connectivity index (χ1n) is 15.5. The number of fused-ring (bicyclic) bond motifs is 2. The molecule has 238 valence electrons. The van der Waals surface area contributed by atoms with Crippen LogP contribution in [-0.4, -0.2) is 57.0 Å². The maximum Gasteiger partial charge on any atom is 0.264 e. The highest BCUT2D eigenvalue weighted by Gasteiger charge is 2.52.